The summed E-state index contributed by atoms with van der Waals surface area (Å²) < 4.78 is 39.1. The van der Waals surface area contributed by atoms with Gasteiger partial charge in [-0.05, 0) is 18.2 Å². The Morgan fingerprint density at radius 1 is 1.43 bits per heavy atom. The number of hydrogen-bond donors (Lipinski definition) is 2. The van der Waals surface area contributed by atoms with Gasteiger partial charge in [0, 0.05) is 19.2 Å². The fourth-order valence-corrected chi connectivity index (χ4v) is 2.22. The van der Waals surface area contributed by atoms with Crippen molar-refractivity contribution in [3.05, 3.63) is 30.1 Å². The number of carbonyl (C=O) groups excluding carboxylic acids is 2. The SMILES string of the molecule is CN(CC(=O)Nc1cccc(F)c1)C(=O)C1CC(F)(F)CN1.Cl. The Bertz CT molecular complexity index is 586. The number of carbonyl (C=O) groups is 2. The highest BCUT2D eigenvalue weighted by molar-refractivity contribution is 5.95. The normalized spacial score (nSPS) is 18.9. The Morgan fingerprint density at radius 3 is 2.70 bits per heavy atom. The van der Waals surface area contributed by atoms with Crippen LogP contribution in [0.3, 0.4) is 0 Å². The van der Waals surface area contributed by atoms with Gasteiger partial charge in [-0.2, -0.15) is 0 Å². The van der Waals surface area contributed by atoms with Gasteiger partial charge in [0.1, 0.15) is 5.82 Å². The van der Waals surface area contributed by atoms with Gasteiger partial charge in [0.25, 0.3) is 5.92 Å². The first-order valence-electron chi connectivity index (χ1n) is 6.68. The maximum absolute atomic E-state index is 13.1. The topological polar surface area (TPSA) is 61.4 Å². The zero-order chi connectivity index (χ0) is 16.3. The third-order valence-electron chi connectivity index (χ3n) is 3.27. The summed E-state index contributed by atoms with van der Waals surface area (Å²) in [7, 11) is 1.35. The Hall–Kier alpha value is -1.80. The average Bonchev–Trinajstić information content (AvgIpc) is 2.78. The van der Waals surface area contributed by atoms with Crippen LogP contribution in [0.5, 0.6) is 0 Å². The van der Waals surface area contributed by atoms with Gasteiger partial charge in [-0.25, -0.2) is 13.2 Å². The van der Waals surface area contributed by atoms with Crippen LogP contribution in [0, 0.1) is 5.82 Å². The molecule has 2 N–H and O–H groups in total. The lowest BCUT2D eigenvalue weighted by atomic mass is 10.1. The zero-order valence-corrected chi connectivity index (χ0v) is 13.1. The second-order valence-corrected chi connectivity index (χ2v) is 5.25. The monoisotopic (exact) mass is 351 g/mol. The first-order valence-corrected chi connectivity index (χ1v) is 6.68. The van der Waals surface area contributed by atoms with Crippen LogP contribution >= 0.6 is 12.4 Å². The van der Waals surface area contributed by atoms with Crippen molar-refractivity contribution in [3.8, 4) is 0 Å². The van der Waals surface area contributed by atoms with Crippen molar-refractivity contribution < 1.29 is 22.8 Å². The second-order valence-electron chi connectivity index (χ2n) is 5.25. The largest absolute Gasteiger partial charge is 0.335 e. The van der Waals surface area contributed by atoms with Crippen LogP contribution in [0.2, 0.25) is 0 Å². The molecule has 0 saturated carbocycles. The predicted molar refractivity (Wildman–Crippen MR) is 81.3 cm³/mol. The van der Waals surface area contributed by atoms with E-state index in [0.29, 0.717) is 0 Å². The number of nitrogens with one attached hydrogen (secondary N) is 2. The minimum atomic E-state index is -2.91. The molecule has 1 heterocycles. The van der Waals surface area contributed by atoms with Crippen molar-refractivity contribution in [1.82, 2.24) is 10.2 Å². The molecule has 0 aliphatic carbocycles. The zero-order valence-electron chi connectivity index (χ0n) is 12.3. The van der Waals surface area contributed by atoms with E-state index in [1.165, 1.54) is 25.2 Å². The number of halogens is 4. The van der Waals surface area contributed by atoms with Crippen LogP contribution < -0.4 is 10.6 Å². The van der Waals surface area contributed by atoms with Crippen molar-refractivity contribution in [2.45, 2.75) is 18.4 Å². The van der Waals surface area contributed by atoms with E-state index < -0.39 is 42.6 Å². The lowest BCUT2D eigenvalue weighted by Gasteiger charge is -2.20. The van der Waals surface area contributed by atoms with Crippen molar-refractivity contribution in [2.75, 3.05) is 25.5 Å². The highest BCUT2D eigenvalue weighted by Crippen LogP contribution is 2.25. The van der Waals surface area contributed by atoms with Crippen LogP contribution in [0.15, 0.2) is 24.3 Å². The van der Waals surface area contributed by atoms with E-state index in [1.807, 2.05) is 0 Å². The molecule has 1 aliphatic heterocycles. The summed E-state index contributed by atoms with van der Waals surface area (Å²) in [6, 6.07) is 4.31. The number of amides is 2. The van der Waals surface area contributed by atoms with E-state index in [-0.39, 0.29) is 24.6 Å². The Labute approximate surface area is 137 Å². The summed E-state index contributed by atoms with van der Waals surface area (Å²) in [6.07, 6.45) is -0.582. The molecule has 23 heavy (non-hydrogen) atoms. The summed E-state index contributed by atoms with van der Waals surface area (Å²) in [5.74, 6) is -4.53. The second kappa shape index (κ2) is 7.65. The number of alkyl halides is 2. The van der Waals surface area contributed by atoms with Gasteiger partial charge in [0.05, 0.1) is 19.1 Å². The lowest BCUT2D eigenvalue weighted by molar-refractivity contribution is -0.135. The molecule has 9 heteroatoms. The number of hydrogen-bond acceptors (Lipinski definition) is 3. The van der Waals surface area contributed by atoms with Crippen molar-refractivity contribution in [2.24, 2.45) is 0 Å². The Kier molecular flexibility index (Phi) is 6.40. The first-order chi connectivity index (χ1) is 10.3. The van der Waals surface area contributed by atoms with Crippen LogP contribution in [-0.2, 0) is 9.59 Å². The molecule has 0 radical (unpaired) electrons. The maximum atomic E-state index is 13.1. The molecule has 0 spiro atoms. The van der Waals surface area contributed by atoms with Crippen molar-refractivity contribution in [3.63, 3.8) is 0 Å². The van der Waals surface area contributed by atoms with E-state index in [4.69, 9.17) is 0 Å². The smallest absolute Gasteiger partial charge is 0.262 e. The van der Waals surface area contributed by atoms with Crippen molar-refractivity contribution >= 4 is 29.9 Å². The van der Waals surface area contributed by atoms with Crippen LogP contribution in [0.4, 0.5) is 18.9 Å². The molecule has 1 unspecified atom stereocenters. The Morgan fingerprint density at radius 2 is 2.13 bits per heavy atom. The molecule has 1 atom stereocenters. The third-order valence-corrected chi connectivity index (χ3v) is 3.27. The van der Waals surface area contributed by atoms with E-state index in [2.05, 4.69) is 10.6 Å². The van der Waals surface area contributed by atoms with E-state index in [9.17, 15) is 22.8 Å². The average molecular weight is 352 g/mol. The van der Waals surface area contributed by atoms with Gasteiger partial charge in [-0.15, -0.1) is 12.4 Å². The molecule has 0 bridgehead atoms. The minimum Gasteiger partial charge on any atom is -0.335 e. The maximum Gasteiger partial charge on any atom is 0.262 e. The molecule has 2 amide bonds. The number of nitrogens with zero attached hydrogens (tertiary/aromatic N) is 1. The molecule has 1 fully saturated rings. The van der Waals surface area contributed by atoms with E-state index >= 15 is 0 Å². The van der Waals surface area contributed by atoms with E-state index in [1.54, 1.807) is 0 Å². The van der Waals surface area contributed by atoms with Gasteiger partial charge < -0.3 is 10.2 Å². The van der Waals surface area contributed by atoms with Gasteiger partial charge in [-0.1, -0.05) is 6.07 Å². The summed E-state index contributed by atoms with van der Waals surface area (Å²) in [4.78, 5) is 24.8. The Balaban J connectivity index is 0.00000264. The fraction of sp³-hybridized carbons (Fsp3) is 0.429. The highest BCUT2D eigenvalue weighted by atomic mass is 35.5. The van der Waals surface area contributed by atoms with E-state index in [0.717, 1.165) is 11.0 Å². The minimum absolute atomic E-state index is 0. The molecule has 1 aliphatic rings. The van der Waals surface area contributed by atoms with Gasteiger partial charge in [-0.3, -0.25) is 14.9 Å². The summed E-state index contributed by atoms with van der Waals surface area (Å²) in [5.41, 5.74) is 0.261. The van der Waals surface area contributed by atoms with Gasteiger partial charge in [0.2, 0.25) is 11.8 Å². The predicted octanol–water partition coefficient (Wildman–Crippen LogP) is 1.64. The quantitative estimate of drug-likeness (QED) is 0.867. The number of benzene rings is 1. The third kappa shape index (κ3) is 5.40. The molecular formula is C14H17ClF3N3O2. The molecule has 1 aromatic carbocycles. The number of anilines is 1. The van der Waals surface area contributed by atoms with Crippen LogP contribution in [0.1, 0.15) is 6.42 Å². The standard InChI is InChI=1S/C14H16F3N3O2.ClH/c1-20(13(22)11-6-14(16,17)8-18-11)7-12(21)19-10-4-2-3-9(15)5-10;/h2-5,11,18H,6-8H2,1H3,(H,19,21);1H. The molecular weight excluding hydrogens is 335 g/mol. The van der Waals surface area contributed by atoms with Gasteiger partial charge in [0.15, 0.2) is 0 Å². The van der Waals surface area contributed by atoms with Gasteiger partial charge >= 0.3 is 0 Å². The molecule has 1 aromatic rings. The van der Waals surface area contributed by atoms with Crippen molar-refractivity contribution in [1.29, 1.82) is 0 Å². The lowest BCUT2D eigenvalue weighted by Crippen LogP contribution is -2.44. The van der Waals surface area contributed by atoms with Crippen LogP contribution in [-0.4, -0.2) is 48.8 Å². The fourth-order valence-electron chi connectivity index (χ4n) is 2.22. The molecule has 5 nitrogen and oxygen atoms in total. The molecule has 128 valence electrons. The van der Waals surface area contributed by atoms with Crippen LogP contribution in [0.25, 0.3) is 0 Å². The highest BCUT2D eigenvalue weighted by Gasteiger charge is 2.43. The summed E-state index contributed by atoms with van der Waals surface area (Å²) >= 11 is 0. The number of likely N-dealkylation sites (N-methyl/N-ethyl adjacent to an activating group) is 1. The first kappa shape index (κ1) is 19.2. The molecule has 2 rings (SSSR count). The molecule has 1 saturated heterocycles. The molecule has 0 aromatic heterocycles. The summed E-state index contributed by atoms with van der Waals surface area (Å²) in [5, 5.41) is 4.87. The number of rotatable bonds is 4. The summed E-state index contributed by atoms with van der Waals surface area (Å²) in [6.45, 7) is -0.855.